The van der Waals surface area contributed by atoms with Crippen LogP contribution in [0.1, 0.15) is 21.5 Å². The SMILES string of the molecule is Cc1ccc(C(=O)N2CCN(CCOc3cccc(C#N)c3)CC2)cc1F. The Balaban J connectivity index is 1.45. The van der Waals surface area contributed by atoms with Crippen LogP contribution < -0.4 is 4.74 Å². The average molecular weight is 367 g/mol. The normalized spacial score (nSPS) is 14.6. The summed E-state index contributed by atoms with van der Waals surface area (Å²) in [6.45, 7) is 5.67. The Kier molecular flexibility index (Phi) is 6.05. The molecule has 1 amide bonds. The molecule has 0 N–H and O–H groups in total. The Labute approximate surface area is 158 Å². The highest BCUT2D eigenvalue weighted by Gasteiger charge is 2.22. The summed E-state index contributed by atoms with van der Waals surface area (Å²) in [7, 11) is 0. The Morgan fingerprint density at radius 1 is 1.19 bits per heavy atom. The van der Waals surface area contributed by atoms with E-state index in [9.17, 15) is 9.18 Å². The van der Waals surface area contributed by atoms with Gasteiger partial charge in [0.25, 0.3) is 5.91 Å². The monoisotopic (exact) mass is 367 g/mol. The van der Waals surface area contributed by atoms with Crippen LogP contribution in [0, 0.1) is 24.1 Å². The second kappa shape index (κ2) is 8.65. The molecule has 1 heterocycles. The minimum Gasteiger partial charge on any atom is -0.492 e. The van der Waals surface area contributed by atoms with Crippen molar-refractivity contribution in [1.29, 1.82) is 5.26 Å². The van der Waals surface area contributed by atoms with Gasteiger partial charge in [-0.15, -0.1) is 0 Å². The van der Waals surface area contributed by atoms with Crippen LogP contribution in [0.5, 0.6) is 5.75 Å². The predicted molar refractivity (Wildman–Crippen MR) is 100 cm³/mol. The molecule has 5 nitrogen and oxygen atoms in total. The molecule has 27 heavy (non-hydrogen) atoms. The van der Waals surface area contributed by atoms with Crippen molar-refractivity contribution in [3.8, 4) is 11.8 Å². The van der Waals surface area contributed by atoms with Gasteiger partial charge in [0.15, 0.2) is 0 Å². The van der Waals surface area contributed by atoms with Crippen LogP contribution in [-0.4, -0.2) is 55.0 Å². The van der Waals surface area contributed by atoms with E-state index in [1.54, 1.807) is 42.2 Å². The second-order valence-corrected chi connectivity index (χ2v) is 6.59. The number of benzene rings is 2. The van der Waals surface area contributed by atoms with Crippen molar-refractivity contribution in [3.05, 3.63) is 65.0 Å². The largest absolute Gasteiger partial charge is 0.492 e. The molecule has 1 saturated heterocycles. The van der Waals surface area contributed by atoms with Gasteiger partial charge in [-0.05, 0) is 42.8 Å². The number of piperazine rings is 1. The highest BCUT2D eigenvalue weighted by molar-refractivity contribution is 5.94. The number of ether oxygens (including phenoxy) is 1. The molecule has 6 heteroatoms. The first-order valence-electron chi connectivity index (χ1n) is 8.97. The van der Waals surface area contributed by atoms with E-state index < -0.39 is 0 Å². The molecule has 1 aliphatic rings. The van der Waals surface area contributed by atoms with Crippen LogP contribution in [-0.2, 0) is 0 Å². The van der Waals surface area contributed by atoms with E-state index in [-0.39, 0.29) is 11.7 Å². The van der Waals surface area contributed by atoms with Gasteiger partial charge in [-0.1, -0.05) is 12.1 Å². The van der Waals surface area contributed by atoms with Crippen LogP contribution in [0.3, 0.4) is 0 Å². The molecule has 140 valence electrons. The number of carbonyl (C=O) groups excluding carboxylic acids is 1. The zero-order valence-corrected chi connectivity index (χ0v) is 15.3. The van der Waals surface area contributed by atoms with Crippen LogP contribution in [0.4, 0.5) is 4.39 Å². The lowest BCUT2D eigenvalue weighted by Crippen LogP contribution is -2.49. The Morgan fingerprint density at radius 3 is 2.67 bits per heavy atom. The third-order valence-corrected chi connectivity index (χ3v) is 4.72. The van der Waals surface area contributed by atoms with Gasteiger partial charge in [-0.2, -0.15) is 5.26 Å². The van der Waals surface area contributed by atoms with Gasteiger partial charge in [0.05, 0.1) is 11.6 Å². The van der Waals surface area contributed by atoms with E-state index in [4.69, 9.17) is 10.00 Å². The number of hydrogen-bond acceptors (Lipinski definition) is 4. The molecular formula is C21H22FN3O2. The lowest BCUT2D eigenvalue weighted by Gasteiger charge is -2.34. The summed E-state index contributed by atoms with van der Waals surface area (Å²) in [6, 6.07) is 13.8. The Morgan fingerprint density at radius 2 is 1.96 bits per heavy atom. The number of nitriles is 1. The molecule has 1 aliphatic heterocycles. The van der Waals surface area contributed by atoms with Crippen molar-refractivity contribution in [3.63, 3.8) is 0 Å². The fourth-order valence-electron chi connectivity index (χ4n) is 3.03. The van der Waals surface area contributed by atoms with E-state index >= 15 is 0 Å². The van der Waals surface area contributed by atoms with Gasteiger partial charge < -0.3 is 9.64 Å². The minimum absolute atomic E-state index is 0.127. The average Bonchev–Trinajstić information content (AvgIpc) is 2.70. The molecule has 2 aromatic rings. The first kappa shape index (κ1) is 18.9. The van der Waals surface area contributed by atoms with Crippen molar-refractivity contribution in [2.75, 3.05) is 39.3 Å². The number of rotatable bonds is 5. The summed E-state index contributed by atoms with van der Waals surface area (Å²) >= 11 is 0. The molecule has 0 radical (unpaired) electrons. The maximum absolute atomic E-state index is 13.7. The summed E-state index contributed by atoms with van der Waals surface area (Å²) < 4.78 is 19.4. The molecule has 0 aromatic heterocycles. The van der Waals surface area contributed by atoms with E-state index in [1.165, 1.54) is 6.07 Å². The Bertz CT molecular complexity index is 855. The van der Waals surface area contributed by atoms with E-state index in [2.05, 4.69) is 11.0 Å². The highest BCUT2D eigenvalue weighted by atomic mass is 19.1. The first-order chi connectivity index (χ1) is 13.1. The van der Waals surface area contributed by atoms with Gasteiger partial charge in [0, 0.05) is 38.3 Å². The quantitative estimate of drug-likeness (QED) is 0.815. The molecule has 3 rings (SSSR count). The van der Waals surface area contributed by atoms with Gasteiger partial charge in [-0.3, -0.25) is 9.69 Å². The fraction of sp³-hybridized carbons (Fsp3) is 0.333. The van der Waals surface area contributed by atoms with Crippen molar-refractivity contribution in [2.24, 2.45) is 0 Å². The number of carbonyl (C=O) groups is 1. The second-order valence-electron chi connectivity index (χ2n) is 6.59. The molecule has 0 saturated carbocycles. The maximum Gasteiger partial charge on any atom is 0.254 e. The number of aryl methyl sites for hydroxylation is 1. The molecule has 0 bridgehead atoms. The smallest absolute Gasteiger partial charge is 0.254 e. The summed E-state index contributed by atoms with van der Waals surface area (Å²) in [5.74, 6) is 0.208. The molecule has 2 aromatic carbocycles. The molecule has 1 fully saturated rings. The third kappa shape index (κ3) is 4.83. The summed E-state index contributed by atoms with van der Waals surface area (Å²) in [5.41, 5.74) is 1.51. The summed E-state index contributed by atoms with van der Waals surface area (Å²) in [4.78, 5) is 16.5. The van der Waals surface area contributed by atoms with E-state index in [0.29, 0.717) is 42.1 Å². The minimum atomic E-state index is -0.350. The van der Waals surface area contributed by atoms with Gasteiger partial charge in [-0.25, -0.2) is 4.39 Å². The zero-order valence-electron chi connectivity index (χ0n) is 15.3. The number of amides is 1. The Hall–Kier alpha value is -2.91. The van der Waals surface area contributed by atoms with Crippen LogP contribution in [0.15, 0.2) is 42.5 Å². The molecular weight excluding hydrogens is 345 g/mol. The van der Waals surface area contributed by atoms with Crippen molar-refractivity contribution >= 4 is 5.91 Å². The zero-order chi connectivity index (χ0) is 19.2. The number of hydrogen-bond donors (Lipinski definition) is 0. The summed E-state index contributed by atoms with van der Waals surface area (Å²) in [6.07, 6.45) is 0. The maximum atomic E-state index is 13.7. The van der Waals surface area contributed by atoms with Crippen LogP contribution in [0.2, 0.25) is 0 Å². The standard InChI is InChI=1S/C21H22FN3O2/c1-16-5-6-18(14-20(16)22)21(26)25-9-7-24(8-10-25)11-12-27-19-4-2-3-17(13-19)15-23/h2-6,13-14H,7-12H2,1H3. The van der Waals surface area contributed by atoms with Gasteiger partial charge in [0.1, 0.15) is 18.2 Å². The molecule has 0 aliphatic carbocycles. The topological polar surface area (TPSA) is 56.6 Å². The lowest BCUT2D eigenvalue weighted by atomic mass is 10.1. The van der Waals surface area contributed by atoms with E-state index in [1.807, 2.05) is 6.07 Å². The van der Waals surface area contributed by atoms with Crippen molar-refractivity contribution < 1.29 is 13.9 Å². The number of halogens is 1. The van der Waals surface area contributed by atoms with Crippen LogP contribution >= 0.6 is 0 Å². The first-order valence-corrected chi connectivity index (χ1v) is 8.97. The molecule has 0 spiro atoms. The third-order valence-electron chi connectivity index (χ3n) is 4.72. The van der Waals surface area contributed by atoms with Crippen LogP contribution in [0.25, 0.3) is 0 Å². The van der Waals surface area contributed by atoms with Crippen molar-refractivity contribution in [1.82, 2.24) is 9.80 Å². The van der Waals surface area contributed by atoms with Gasteiger partial charge in [0.2, 0.25) is 0 Å². The van der Waals surface area contributed by atoms with Crippen molar-refractivity contribution in [2.45, 2.75) is 6.92 Å². The fourth-order valence-corrected chi connectivity index (χ4v) is 3.03. The highest BCUT2D eigenvalue weighted by Crippen LogP contribution is 2.14. The van der Waals surface area contributed by atoms with E-state index in [0.717, 1.165) is 19.6 Å². The summed E-state index contributed by atoms with van der Waals surface area (Å²) in [5, 5.41) is 8.91. The van der Waals surface area contributed by atoms with Gasteiger partial charge >= 0.3 is 0 Å². The number of nitrogens with zero attached hydrogens (tertiary/aromatic N) is 3. The predicted octanol–water partition coefficient (Wildman–Crippen LogP) is 2.84. The molecule has 0 atom stereocenters. The lowest BCUT2D eigenvalue weighted by molar-refractivity contribution is 0.0620. The molecule has 0 unspecified atom stereocenters.